The third-order valence-electron chi connectivity index (χ3n) is 5.87. The van der Waals surface area contributed by atoms with Gasteiger partial charge in [0.1, 0.15) is 0 Å². The Balaban J connectivity index is 1.98. The average molecular weight is 621 g/mol. The van der Waals surface area contributed by atoms with E-state index in [1.54, 1.807) is 0 Å². The molecule has 10 heteroatoms. The summed E-state index contributed by atoms with van der Waals surface area (Å²) in [6, 6.07) is 20.2. The van der Waals surface area contributed by atoms with Crippen LogP contribution in [0.1, 0.15) is 11.1 Å². The fourth-order valence-electron chi connectivity index (χ4n) is 4.15. The first-order valence-corrected chi connectivity index (χ1v) is 20.6. The second-order valence-corrected chi connectivity index (χ2v) is 22.0. The Morgan fingerprint density at radius 1 is 0.500 bits per heavy atom. The van der Waals surface area contributed by atoms with Crippen molar-refractivity contribution in [2.24, 2.45) is 10.2 Å². The zero-order valence-corrected chi connectivity index (χ0v) is 27.3. The smallest absolute Gasteiger partial charge is 0.176 e. The number of fused-ring (bicyclic) bond motifs is 1. The second kappa shape index (κ2) is 11.2. The van der Waals surface area contributed by atoms with E-state index >= 15 is 0 Å². The molecule has 1 aliphatic rings. The van der Waals surface area contributed by atoms with Gasteiger partial charge in [0.2, 0.25) is 0 Å². The minimum absolute atomic E-state index is 0.198. The topological polar surface area (TPSA) is 31.2 Å². The lowest BCUT2D eigenvalue weighted by Crippen LogP contribution is -2.44. The third kappa shape index (κ3) is 5.91. The molecule has 0 saturated carbocycles. The molecule has 38 heavy (non-hydrogen) atoms. The third-order valence-corrected chi connectivity index (χ3v) is 10.9. The lowest BCUT2D eigenvalue weighted by atomic mass is 9.93. The van der Waals surface area contributed by atoms with Crippen molar-refractivity contribution in [3.8, 4) is 0 Å². The lowest BCUT2D eigenvalue weighted by Gasteiger charge is -2.34. The first kappa shape index (κ1) is 28.9. The Hall–Kier alpha value is -2.07. The maximum Gasteiger partial charge on any atom is 0.176 e. The van der Waals surface area contributed by atoms with Crippen molar-refractivity contribution in [1.29, 1.82) is 0 Å². The van der Waals surface area contributed by atoms with Crippen LogP contribution in [0.15, 0.2) is 83.0 Å². The van der Waals surface area contributed by atoms with Gasteiger partial charge in [-0.3, -0.25) is 9.35 Å². The summed E-state index contributed by atoms with van der Waals surface area (Å²) in [7, 11) is -3.91. The highest BCUT2D eigenvalue weighted by atomic mass is 35.5. The van der Waals surface area contributed by atoms with Crippen LogP contribution < -0.4 is 9.35 Å². The quantitative estimate of drug-likeness (QED) is 0.119. The summed E-state index contributed by atoms with van der Waals surface area (Å²) in [6.45, 7) is 13.4. The van der Waals surface area contributed by atoms with Crippen LogP contribution in [0.25, 0.3) is 0 Å². The highest BCUT2D eigenvalue weighted by molar-refractivity contribution is 6.80. The van der Waals surface area contributed by atoms with Gasteiger partial charge in [-0.25, -0.2) is 0 Å². The summed E-state index contributed by atoms with van der Waals surface area (Å²) >= 11 is 26.9. The zero-order chi connectivity index (χ0) is 27.8. The summed E-state index contributed by atoms with van der Waals surface area (Å²) in [5.41, 5.74) is 4.55. The van der Waals surface area contributed by atoms with Gasteiger partial charge >= 0.3 is 0 Å². The number of anilines is 2. The molecule has 3 aromatic rings. The molecule has 0 radical (unpaired) electrons. The van der Waals surface area contributed by atoms with Crippen molar-refractivity contribution in [3.63, 3.8) is 0 Å². The van der Waals surface area contributed by atoms with E-state index < -0.39 is 16.5 Å². The first-order chi connectivity index (χ1) is 17.8. The van der Waals surface area contributed by atoms with Crippen molar-refractivity contribution < 1.29 is 0 Å². The van der Waals surface area contributed by atoms with Gasteiger partial charge in [0.25, 0.3) is 0 Å². The molecule has 0 atom stereocenters. The number of halogens is 4. The summed E-state index contributed by atoms with van der Waals surface area (Å²) in [5.74, 6) is 0. The molecule has 4 nitrogen and oxygen atoms in total. The van der Waals surface area contributed by atoms with Gasteiger partial charge in [-0.2, -0.15) is 10.2 Å². The molecule has 3 aromatic carbocycles. The molecular weight excluding hydrogens is 590 g/mol. The van der Waals surface area contributed by atoms with E-state index in [2.05, 4.69) is 72.9 Å². The van der Waals surface area contributed by atoms with E-state index in [1.165, 1.54) is 0 Å². The molecule has 0 amide bonds. The number of nitrogens with zero attached hydrogens (tertiary/aromatic N) is 4. The van der Waals surface area contributed by atoms with Crippen molar-refractivity contribution >= 4 is 85.7 Å². The molecule has 0 bridgehead atoms. The van der Waals surface area contributed by atoms with E-state index in [-0.39, 0.29) is 10.0 Å². The summed E-state index contributed by atoms with van der Waals surface area (Å²) in [4.78, 5) is 0. The van der Waals surface area contributed by atoms with Crippen molar-refractivity contribution in [2.75, 3.05) is 9.35 Å². The molecule has 0 aliphatic heterocycles. The predicted octanol–water partition coefficient (Wildman–Crippen LogP) is 9.96. The Bertz CT molecular complexity index is 1320. The number of hydrogen-bond acceptors (Lipinski definition) is 4. The standard InChI is InChI=1S/C28H30Cl4N4Si2/c1-37(2,3)35(19-13-9-7-10-14-19)33-21-17-18-22(24-23(21)25(29)27(31)28(32)26(24)30)34-36(38(4,5)6)20-15-11-8-12-16-20/h7-18H,1-6H3. The average Bonchev–Trinajstić information content (AvgIpc) is 2.87. The number of benzene rings is 3. The Labute approximate surface area is 247 Å². The summed E-state index contributed by atoms with van der Waals surface area (Å²) in [5, 5.41) is 11.3. The molecule has 0 N–H and O–H groups in total. The van der Waals surface area contributed by atoms with Crippen molar-refractivity contribution in [3.05, 3.63) is 104 Å². The van der Waals surface area contributed by atoms with Gasteiger partial charge in [0.05, 0.1) is 31.5 Å². The number of allylic oxidation sites excluding steroid dienone is 2. The molecule has 0 unspecified atom stereocenters. The SMILES string of the molecule is C[Si](C)(C)N(N=C1C=CC(=NN(c2ccccc2)[Si](C)(C)C)c2c(Cl)c(Cl)c(Cl)c(Cl)c21)c1ccccc1. The second-order valence-electron chi connectivity index (χ2n) is 10.9. The first-order valence-electron chi connectivity index (χ1n) is 12.2. The molecule has 0 heterocycles. The van der Waals surface area contributed by atoms with Crippen LogP contribution in [0, 0.1) is 0 Å². The summed E-state index contributed by atoms with van der Waals surface area (Å²) < 4.78 is 4.20. The van der Waals surface area contributed by atoms with Crippen LogP contribution in [0.3, 0.4) is 0 Å². The monoisotopic (exact) mass is 618 g/mol. The number of hydrazone groups is 2. The highest BCUT2D eigenvalue weighted by Gasteiger charge is 2.32. The zero-order valence-electron chi connectivity index (χ0n) is 22.2. The highest BCUT2D eigenvalue weighted by Crippen LogP contribution is 2.44. The maximum absolute atomic E-state index is 6.88. The maximum atomic E-state index is 6.88. The van der Waals surface area contributed by atoms with E-state index in [0.29, 0.717) is 32.6 Å². The largest absolute Gasteiger partial charge is 0.295 e. The molecular formula is C28H30Cl4N4Si2. The van der Waals surface area contributed by atoms with Gasteiger partial charge < -0.3 is 0 Å². The van der Waals surface area contributed by atoms with E-state index in [0.717, 1.165) is 11.4 Å². The minimum Gasteiger partial charge on any atom is -0.295 e. The molecule has 0 spiro atoms. The van der Waals surface area contributed by atoms with Crippen LogP contribution in [0.4, 0.5) is 11.4 Å². The number of para-hydroxylation sites is 2. The molecule has 0 saturated heterocycles. The predicted molar refractivity (Wildman–Crippen MR) is 173 cm³/mol. The Kier molecular flexibility index (Phi) is 8.53. The molecule has 4 rings (SSSR count). The molecule has 198 valence electrons. The van der Waals surface area contributed by atoms with E-state index in [4.69, 9.17) is 56.6 Å². The number of rotatable bonds is 6. The van der Waals surface area contributed by atoms with Gasteiger partial charge in [0, 0.05) is 22.5 Å². The Morgan fingerprint density at radius 3 is 1.11 bits per heavy atom. The van der Waals surface area contributed by atoms with Gasteiger partial charge in [0.15, 0.2) is 16.5 Å². The van der Waals surface area contributed by atoms with Crippen LogP contribution in [0.5, 0.6) is 0 Å². The van der Waals surface area contributed by atoms with Gasteiger partial charge in [-0.1, -0.05) is 82.8 Å². The van der Waals surface area contributed by atoms with Crippen molar-refractivity contribution in [2.45, 2.75) is 39.3 Å². The Morgan fingerprint density at radius 2 is 0.816 bits per heavy atom. The van der Waals surface area contributed by atoms with Crippen LogP contribution >= 0.6 is 46.4 Å². The van der Waals surface area contributed by atoms with Crippen LogP contribution in [0.2, 0.25) is 59.4 Å². The number of hydrogen-bond donors (Lipinski definition) is 0. The van der Waals surface area contributed by atoms with Crippen LogP contribution in [-0.2, 0) is 0 Å². The van der Waals surface area contributed by atoms with Gasteiger partial charge in [-0.15, -0.1) is 0 Å². The van der Waals surface area contributed by atoms with E-state index in [9.17, 15) is 0 Å². The summed E-state index contributed by atoms with van der Waals surface area (Å²) in [6.07, 6.45) is 3.86. The van der Waals surface area contributed by atoms with E-state index in [1.807, 2.05) is 48.6 Å². The van der Waals surface area contributed by atoms with Crippen molar-refractivity contribution in [1.82, 2.24) is 0 Å². The lowest BCUT2D eigenvalue weighted by molar-refractivity contribution is 1.11. The minimum atomic E-state index is -1.96. The molecule has 0 fully saturated rings. The fraction of sp³-hybridized carbons (Fsp3) is 0.214. The van der Waals surface area contributed by atoms with Crippen LogP contribution in [-0.4, -0.2) is 27.9 Å². The normalized spacial score (nSPS) is 15.6. The van der Waals surface area contributed by atoms with Gasteiger partial charge in [-0.05, 0) is 75.7 Å². The molecule has 1 aliphatic carbocycles. The fourth-order valence-corrected chi connectivity index (χ4v) is 7.86. The molecule has 0 aromatic heterocycles.